The van der Waals surface area contributed by atoms with Crippen molar-refractivity contribution in [2.24, 2.45) is 11.3 Å². The normalized spacial score (nSPS) is 25.0. The molecule has 0 N–H and O–H groups in total. The Labute approximate surface area is 130 Å². The molecule has 120 valence electrons. The number of rotatable bonds is 6. The summed E-state index contributed by atoms with van der Waals surface area (Å²) in [5.41, 5.74) is 0.460. The highest BCUT2D eigenvalue weighted by molar-refractivity contribution is 4.81. The highest BCUT2D eigenvalue weighted by atomic mass is 16.5. The first kappa shape index (κ1) is 16.5. The summed E-state index contributed by atoms with van der Waals surface area (Å²) in [6, 6.07) is 0. The van der Waals surface area contributed by atoms with Gasteiger partial charge in [-0.3, -0.25) is 0 Å². The molecule has 0 amide bonds. The van der Waals surface area contributed by atoms with Crippen LogP contribution in [0.4, 0.5) is 0 Å². The fourth-order valence-corrected chi connectivity index (χ4v) is 3.44. The van der Waals surface area contributed by atoms with E-state index in [-0.39, 0.29) is 0 Å². The van der Waals surface area contributed by atoms with E-state index >= 15 is 0 Å². The van der Waals surface area contributed by atoms with Crippen molar-refractivity contribution in [3.8, 4) is 0 Å². The first-order valence-electron chi connectivity index (χ1n) is 8.56. The predicted molar refractivity (Wildman–Crippen MR) is 87.2 cm³/mol. The average Bonchev–Trinajstić information content (AvgIpc) is 2.91. The Morgan fingerprint density at radius 2 is 1.95 bits per heavy atom. The molecule has 2 rings (SSSR count). The maximum atomic E-state index is 6.25. The van der Waals surface area contributed by atoms with Crippen molar-refractivity contribution in [2.45, 2.75) is 85.0 Å². The average molecular weight is 292 g/mol. The topological polar surface area (TPSA) is 27.1 Å². The molecule has 1 aromatic heterocycles. The summed E-state index contributed by atoms with van der Waals surface area (Å²) in [6.45, 7) is 10.4. The van der Waals surface area contributed by atoms with Crippen molar-refractivity contribution in [3.63, 3.8) is 0 Å². The van der Waals surface area contributed by atoms with Crippen LogP contribution in [0.15, 0.2) is 18.7 Å². The summed E-state index contributed by atoms with van der Waals surface area (Å²) in [7, 11) is 0. The van der Waals surface area contributed by atoms with Crippen LogP contribution in [0, 0.1) is 11.3 Å². The lowest BCUT2D eigenvalue weighted by Gasteiger charge is -2.37. The molecule has 1 saturated carbocycles. The number of aromatic nitrogens is 2. The van der Waals surface area contributed by atoms with Gasteiger partial charge in [0.25, 0.3) is 0 Å². The molecule has 0 bridgehead atoms. The van der Waals surface area contributed by atoms with Crippen LogP contribution in [0.3, 0.4) is 0 Å². The fourth-order valence-electron chi connectivity index (χ4n) is 3.44. The molecule has 3 nitrogen and oxygen atoms in total. The molecule has 0 spiro atoms. The van der Waals surface area contributed by atoms with E-state index in [4.69, 9.17) is 4.74 Å². The number of aryl methyl sites for hydroxylation is 1. The number of imidazole rings is 1. The lowest BCUT2D eigenvalue weighted by Crippen LogP contribution is -2.30. The maximum Gasteiger partial charge on any atom is 0.0945 e. The van der Waals surface area contributed by atoms with Gasteiger partial charge in [-0.15, -0.1) is 0 Å². The molecule has 1 aliphatic carbocycles. The summed E-state index contributed by atoms with van der Waals surface area (Å²) in [5, 5.41) is 0. The summed E-state index contributed by atoms with van der Waals surface area (Å²) >= 11 is 0. The Kier molecular flexibility index (Phi) is 5.86. The zero-order valence-corrected chi connectivity index (χ0v) is 14.2. The summed E-state index contributed by atoms with van der Waals surface area (Å²) in [6.07, 6.45) is 14.1. The maximum absolute atomic E-state index is 6.25. The highest BCUT2D eigenvalue weighted by Crippen LogP contribution is 2.38. The SMILES string of the molecule is CC(CCCn1ccnc1)OC1CCC(C(C)(C)C)CC1. The Morgan fingerprint density at radius 1 is 1.24 bits per heavy atom. The van der Waals surface area contributed by atoms with Crippen LogP contribution in [-0.4, -0.2) is 21.8 Å². The van der Waals surface area contributed by atoms with E-state index < -0.39 is 0 Å². The molecule has 3 heteroatoms. The third-order valence-corrected chi connectivity index (χ3v) is 4.91. The smallest absolute Gasteiger partial charge is 0.0945 e. The molecule has 0 radical (unpaired) electrons. The van der Waals surface area contributed by atoms with Gasteiger partial charge in [0.1, 0.15) is 0 Å². The van der Waals surface area contributed by atoms with Crippen molar-refractivity contribution in [3.05, 3.63) is 18.7 Å². The number of nitrogens with zero attached hydrogens (tertiary/aromatic N) is 2. The molecule has 1 aliphatic rings. The van der Waals surface area contributed by atoms with Crippen LogP contribution in [0.5, 0.6) is 0 Å². The second-order valence-electron chi connectivity index (χ2n) is 7.73. The first-order valence-corrected chi connectivity index (χ1v) is 8.56. The molecule has 21 heavy (non-hydrogen) atoms. The van der Waals surface area contributed by atoms with Gasteiger partial charge in [0.05, 0.1) is 18.5 Å². The molecule has 0 aliphatic heterocycles. The molecule has 0 saturated heterocycles. The van der Waals surface area contributed by atoms with Crippen LogP contribution in [0.25, 0.3) is 0 Å². The molecular formula is C18H32N2O. The predicted octanol–water partition coefficient (Wildman–Crippen LogP) is 4.67. The molecule has 1 unspecified atom stereocenters. The van der Waals surface area contributed by atoms with Gasteiger partial charge in [-0.2, -0.15) is 0 Å². The van der Waals surface area contributed by atoms with E-state index in [2.05, 4.69) is 37.2 Å². The standard InChI is InChI=1S/C18H32N2O/c1-15(6-5-12-20-13-11-19-14-20)21-17-9-7-16(8-10-17)18(2,3)4/h11,13-17H,5-10,12H2,1-4H3. The van der Waals surface area contributed by atoms with Gasteiger partial charge < -0.3 is 9.30 Å². The lowest BCUT2D eigenvalue weighted by molar-refractivity contribution is -0.0405. The van der Waals surface area contributed by atoms with Gasteiger partial charge in [0, 0.05) is 18.9 Å². The minimum absolute atomic E-state index is 0.379. The minimum atomic E-state index is 0.379. The van der Waals surface area contributed by atoms with E-state index in [0.29, 0.717) is 17.6 Å². The third-order valence-electron chi connectivity index (χ3n) is 4.91. The second-order valence-corrected chi connectivity index (χ2v) is 7.73. The highest BCUT2D eigenvalue weighted by Gasteiger charge is 2.30. The number of ether oxygens (including phenoxy) is 1. The van der Waals surface area contributed by atoms with Gasteiger partial charge in [-0.1, -0.05) is 20.8 Å². The number of hydrogen-bond acceptors (Lipinski definition) is 2. The fraction of sp³-hybridized carbons (Fsp3) is 0.833. The van der Waals surface area contributed by atoms with Crippen LogP contribution < -0.4 is 0 Å². The molecule has 1 heterocycles. The molecule has 1 fully saturated rings. The zero-order chi connectivity index (χ0) is 15.3. The van der Waals surface area contributed by atoms with E-state index in [1.54, 1.807) is 0 Å². The van der Waals surface area contributed by atoms with Crippen LogP contribution in [0.2, 0.25) is 0 Å². The molecule has 1 aromatic rings. The van der Waals surface area contributed by atoms with Gasteiger partial charge in [0.2, 0.25) is 0 Å². The second kappa shape index (κ2) is 7.44. The van der Waals surface area contributed by atoms with Gasteiger partial charge in [-0.05, 0) is 56.8 Å². The van der Waals surface area contributed by atoms with Gasteiger partial charge in [-0.25, -0.2) is 4.98 Å². The Balaban J connectivity index is 1.61. The molecule has 1 atom stereocenters. The van der Waals surface area contributed by atoms with E-state index in [1.165, 1.54) is 25.7 Å². The lowest BCUT2D eigenvalue weighted by atomic mass is 9.72. The van der Waals surface area contributed by atoms with Crippen LogP contribution in [0.1, 0.15) is 66.2 Å². The first-order chi connectivity index (χ1) is 9.95. The van der Waals surface area contributed by atoms with E-state index in [1.807, 2.05) is 18.7 Å². The van der Waals surface area contributed by atoms with E-state index in [9.17, 15) is 0 Å². The molecule has 0 aromatic carbocycles. The summed E-state index contributed by atoms with van der Waals surface area (Å²) < 4.78 is 8.39. The monoisotopic (exact) mass is 292 g/mol. The van der Waals surface area contributed by atoms with Gasteiger partial charge in [0.15, 0.2) is 0 Å². The largest absolute Gasteiger partial charge is 0.375 e. The van der Waals surface area contributed by atoms with Gasteiger partial charge >= 0.3 is 0 Å². The van der Waals surface area contributed by atoms with Crippen LogP contribution in [-0.2, 0) is 11.3 Å². The minimum Gasteiger partial charge on any atom is -0.375 e. The van der Waals surface area contributed by atoms with Crippen LogP contribution >= 0.6 is 0 Å². The Bertz CT molecular complexity index is 386. The van der Waals surface area contributed by atoms with Crippen molar-refractivity contribution >= 4 is 0 Å². The Morgan fingerprint density at radius 3 is 2.52 bits per heavy atom. The van der Waals surface area contributed by atoms with Crippen molar-refractivity contribution in [2.75, 3.05) is 0 Å². The van der Waals surface area contributed by atoms with E-state index in [0.717, 1.165) is 25.3 Å². The summed E-state index contributed by atoms with van der Waals surface area (Å²) in [5.74, 6) is 0.869. The molecular weight excluding hydrogens is 260 g/mol. The third kappa shape index (κ3) is 5.46. The van der Waals surface area contributed by atoms with Crippen molar-refractivity contribution in [1.82, 2.24) is 9.55 Å². The summed E-state index contributed by atoms with van der Waals surface area (Å²) in [4.78, 5) is 4.07. The zero-order valence-electron chi connectivity index (χ0n) is 14.2. The van der Waals surface area contributed by atoms with Crippen molar-refractivity contribution in [1.29, 1.82) is 0 Å². The quantitative estimate of drug-likeness (QED) is 0.761. The number of hydrogen-bond donors (Lipinski definition) is 0. The Hall–Kier alpha value is -0.830. The van der Waals surface area contributed by atoms with Crippen molar-refractivity contribution < 1.29 is 4.74 Å².